The van der Waals surface area contributed by atoms with Gasteiger partial charge in [0.1, 0.15) is 11.3 Å². The lowest BCUT2D eigenvalue weighted by atomic mass is 10.1. The molecule has 5 nitrogen and oxygen atoms in total. The zero-order valence-corrected chi connectivity index (χ0v) is 12.3. The van der Waals surface area contributed by atoms with Gasteiger partial charge in [0.15, 0.2) is 6.61 Å². The summed E-state index contributed by atoms with van der Waals surface area (Å²) in [6.07, 6.45) is 1.81. The molecule has 0 amide bonds. The number of rotatable bonds is 4. The first-order valence-corrected chi connectivity index (χ1v) is 6.86. The molecule has 0 fully saturated rings. The Labute approximate surface area is 126 Å². The third kappa shape index (κ3) is 2.65. The highest BCUT2D eigenvalue weighted by atomic mass is 16.5. The van der Waals surface area contributed by atoms with Crippen LogP contribution >= 0.6 is 0 Å². The molecule has 0 spiro atoms. The summed E-state index contributed by atoms with van der Waals surface area (Å²) in [6, 6.07) is 10.2. The Hall–Kier alpha value is -2.82. The zero-order chi connectivity index (χ0) is 15.7. The first-order chi connectivity index (χ1) is 10.5. The fraction of sp³-hybridized carbons (Fsp3) is 0.176. The van der Waals surface area contributed by atoms with E-state index >= 15 is 0 Å². The highest BCUT2D eigenvalue weighted by molar-refractivity contribution is 5.95. The highest BCUT2D eigenvalue weighted by Gasteiger charge is 2.10. The second-order valence-corrected chi connectivity index (χ2v) is 5.12. The van der Waals surface area contributed by atoms with Gasteiger partial charge in [-0.15, -0.1) is 0 Å². The van der Waals surface area contributed by atoms with Crippen LogP contribution < -0.4 is 10.4 Å². The van der Waals surface area contributed by atoms with E-state index in [-0.39, 0.29) is 12.4 Å². The van der Waals surface area contributed by atoms with Gasteiger partial charge in [-0.25, -0.2) is 4.79 Å². The Morgan fingerprint density at radius 2 is 2.09 bits per heavy atom. The van der Waals surface area contributed by atoms with E-state index in [0.717, 1.165) is 10.9 Å². The summed E-state index contributed by atoms with van der Waals surface area (Å²) in [5.41, 5.74) is 1.48. The molecular formula is C17H15NO4. The van der Waals surface area contributed by atoms with Crippen LogP contribution in [0, 0.1) is 6.92 Å². The molecule has 2 aromatic heterocycles. The maximum atomic E-state index is 12.1. The number of fused-ring (bicyclic) bond motifs is 1. The molecule has 0 unspecified atom stereocenters. The third-order valence-electron chi connectivity index (χ3n) is 3.52. The smallest absolute Gasteiger partial charge is 0.336 e. The molecule has 0 saturated heterocycles. The summed E-state index contributed by atoms with van der Waals surface area (Å²) in [7, 11) is 1.81. The molecule has 0 bridgehead atoms. The molecule has 0 N–H and O–H groups in total. The van der Waals surface area contributed by atoms with Crippen LogP contribution in [-0.2, 0) is 7.05 Å². The van der Waals surface area contributed by atoms with Gasteiger partial charge in [-0.3, -0.25) is 4.79 Å². The zero-order valence-electron chi connectivity index (χ0n) is 12.3. The van der Waals surface area contributed by atoms with E-state index in [1.807, 2.05) is 13.0 Å². The van der Waals surface area contributed by atoms with E-state index < -0.39 is 5.63 Å². The van der Waals surface area contributed by atoms with E-state index in [1.165, 1.54) is 6.07 Å². The minimum Gasteiger partial charge on any atom is -0.485 e. The summed E-state index contributed by atoms with van der Waals surface area (Å²) in [4.78, 5) is 23.5. The van der Waals surface area contributed by atoms with E-state index in [1.54, 1.807) is 42.1 Å². The van der Waals surface area contributed by atoms with Crippen LogP contribution in [0.2, 0.25) is 0 Å². The Balaban J connectivity index is 1.81. The van der Waals surface area contributed by atoms with Crippen molar-refractivity contribution in [3.05, 3.63) is 64.3 Å². The number of Topliss-reactive ketones (excluding diaryl/α,β-unsaturated/α-hetero) is 1. The van der Waals surface area contributed by atoms with Gasteiger partial charge in [0, 0.05) is 30.8 Å². The summed E-state index contributed by atoms with van der Waals surface area (Å²) in [5.74, 6) is 0.377. The van der Waals surface area contributed by atoms with Crippen molar-refractivity contribution in [3.8, 4) is 5.75 Å². The number of hydrogen-bond acceptors (Lipinski definition) is 4. The summed E-state index contributed by atoms with van der Waals surface area (Å²) >= 11 is 0. The van der Waals surface area contributed by atoms with Crippen molar-refractivity contribution in [1.29, 1.82) is 0 Å². The van der Waals surface area contributed by atoms with Crippen LogP contribution in [0.1, 0.15) is 16.1 Å². The SMILES string of the molecule is Cc1cc(=O)oc2cc(OCC(=O)c3cccn3C)ccc12. The second-order valence-electron chi connectivity index (χ2n) is 5.12. The first-order valence-electron chi connectivity index (χ1n) is 6.86. The quantitative estimate of drug-likeness (QED) is 0.549. The molecule has 3 aromatic rings. The number of ketones is 1. The predicted molar refractivity (Wildman–Crippen MR) is 82.5 cm³/mol. The fourth-order valence-corrected chi connectivity index (χ4v) is 2.37. The number of hydrogen-bond donors (Lipinski definition) is 0. The van der Waals surface area contributed by atoms with Crippen LogP contribution in [0.3, 0.4) is 0 Å². The molecule has 2 heterocycles. The number of ether oxygens (including phenoxy) is 1. The maximum absolute atomic E-state index is 12.1. The highest BCUT2D eigenvalue weighted by Crippen LogP contribution is 2.22. The Morgan fingerprint density at radius 3 is 2.82 bits per heavy atom. The van der Waals surface area contributed by atoms with Gasteiger partial charge >= 0.3 is 5.63 Å². The van der Waals surface area contributed by atoms with Gasteiger partial charge in [0.05, 0.1) is 5.69 Å². The van der Waals surface area contributed by atoms with Crippen molar-refractivity contribution in [2.24, 2.45) is 7.05 Å². The number of nitrogens with zero attached hydrogens (tertiary/aromatic N) is 1. The Bertz CT molecular complexity index is 904. The molecule has 0 atom stereocenters. The average molecular weight is 297 g/mol. The van der Waals surface area contributed by atoms with E-state index in [4.69, 9.17) is 9.15 Å². The topological polar surface area (TPSA) is 61.4 Å². The van der Waals surface area contributed by atoms with E-state index in [9.17, 15) is 9.59 Å². The van der Waals surface area contributed by atoms with Crippen molar-refractivity contribution < 1.29 is 13.9 Å². The lowest BCUT2D eigenvalue weighted by Gasteiger charge is -2.07. The Morgan fingerprint density at radius 1 is 1.27 bits per heavy atom. The van der Waals surface area contributed by atoms with Gasteiger partial charge in [0.25, 0.3) is 0 Å². The molecule has 3 rings (SSSR count). The largest absolute Gasteiger partial charge is 0.485 e. The van der Waals surface area contributed by atoms with Gasteiger partial charge in [-0.05, 0) is 36.8 Å². The second kappa shape index (κ2) is 5.52. The van der Waals surface area contributed by atoms with Crippen molar-refractivity contribution in [2.75, 3.05) is 6.61 Å². The lowest BCUT2D eigenvalue weighted by molar-refractivity contribution is 0.0913. The molecule has 5 heteroatoms. The monoisotopic (exact) mass is 297 g/mol. The molecule has 0 aliphatic heterocycles. The summed E-state index contributed by atoms with van der Waals surface area (Å²) < 4.78 is 12.4. The summed E-state index contributed by atoms with van der Waals surface area (Å²) in [6.45, 7) is 1.78. The molecule has 0 radical (unpaired) electrons. The number of aromatic nitrogens is 1. The molecule has 1 aromatic carbocycles. The van der Waals surface area contributed by atoms with Crippen LogP contribution in [-0.4, -0.2) is 17.0 Å². The van der Waals surface area contributed by atoms with Crippen molar-refractivity contribution in [2.45, 2.75) is 6.92 Å². The van der Waals surface area contributed by atoms with Crippen LogP contribution in [0.5, 0.6) is 5.75 Å². The number of carbonyl (C=O) groups excluding carboxylic acids is 1. The van der Waals surface area contributed by atoms with E-state index in [0.29, 0.717) is 17.0 Å². The van der Waals surface area contributed by atoms with Gasteiger partial charge < -0.3 is 13.7 Å². The maximum Gasteiger partial charge on any atom is 0.336 e. The summed E-state index contributed by atoms with van der Waals surface area (Å²) in [5, 5.41) is 0.848. The molecule has 112 valence electrons. The molecule has 0 saturated carbocycles. The third-order valence-corrected chi connectivity index (χ3v) is 3.52. The van der Waals surface area contributed by atoms with Gasteiger partial charge in [-0.2, -0.15) is 0 Å². The minimum atomic E-state index is -0.401. The predicted octanol–water partition coefficient (Wildman–Crippen LogP) is 2.70. The fourth-order valence-electron chi connectivity index (χ4n) is 2.37. The van der Waals surface area contributed by atoms with Crippen molar-refractivity contribution in [3.63, 3.8) is 0 Å². The minimum absolute atomic E-state index is 0.0700. The molecular weight excluding hydrogens is 282 g/mol. The number of benzene rings is 1. The van der Waals surface area contributed by atoms with Crippen molar-refractivity contribution >= 4 is 16.8 Å². The van der Waals surface area contributed by atoms with Crippen LogP contribution in [0.4, 0.5) is 0 Å². The van der Waals surface area contributed by atoms with E-state index in [2.05, 4.69) is 0 Å². The molecule has 22 heavy (non-hydrogen) atoms. The average Bonchev–Trinajstić information content (AvgIpc) is 2.90. The normalized spacial score (nSPS) is 10.8. The first kappa shape index (κ1) is 14.1. The Kier molecular flexibility index (Phi) is 3.55. The van der Waals surface area contributed by atoms with Gasteiger partial charge in [-0.1, -0.05) is 0 Å². The number of carbonyl (C=O) groups is 1. The van der Waals surface area contributed by atoms with Gasteiger partial charge in [0.2, 0.25) is 5.78 Å². The number of aryl methyl sites for hydroxylation is 2. The van der Waals surface area contributed by atoms with Crippen LogP contribution in [0.15, 0.2) is 51.8 Å². The molecule has 0 aliphatic carbocycles. The standard InChI is InChI=1S/C17H15NO4/c1-11-8-17(20)22-16-9-12(5-6-13(11)16)21-10-15(19)14-4-3-7-18(14)2/h3-9H,10H2,1-2H3. The van der Waals surface area contributed by atoms with Crippen LogP contribution in [0.25, 0.3) is 11.0 Å². The molecule has 0 aliphatic rings. The lowest BCUT2D eigenvalue weighted by Crippen LogP contribution is -2.14. The van der Waals surface area contributed by atoms with Crippen molar-refractivity contribution in [1.82, 2.24) is 4.57 Å².